The fourth-order valence-electron chi connectivity index (χ4n) is 4.58. The predicted molar refractivity (Wildman–Crippen MR) is 113 cm³/mol. The van der Waals surface area contributed by atoms with Gasteiger partial charge in [0, 0.05) is 28.9 Å². The minimum Gasteiger partial charge on any atom is -0.393 e. The number of aliphatic hydroxyl groups excluding tert-OH is 1. The highest BCUT2D eigenvalue weighted by Gasteiger charge is 2.36. The Morgan fingerprint density at radius 3 is 2.53 bits per heavy atom. The summed E-state index contributed by atoms with van der Waals surface area (Å²) in [5, 5.41) is 21.3. The topological polar surface area (TPSA) is 80.3 Å². The third kappa shape index (κ3) is 3.96. The molecule has 3 heterocycles. The third-order valence-corrected chi connectivity index (χ3v) is 6.86. The Balaban J connectivity index is 1.54. The molecule has 0 saturated heterocycles. The summed E-state index contributed by atoms with van der Waals surface area (Å²) in [6, 6.07) is 0.739. The average molecular weight is 448 g/mol. The van der Waals surface area contributed by atoms with Crippen LogP contribution in [0.3, 0.4) is 0 Å². The van der Waals surface area contributed by atoms with Gasteiger partial charge in [0.15, 0.2) is 0 Å². The molecule has 0 aromatic carbocycles. The van der Waals surface area contributed by atoms with E-state index in [1.54, 1.807) is 10.7 Å². The summed E-state index contributed by atoms with van der Waals surface area (Å²) in [7, 11) is 0. The summed E-state index contributed by atoms with van der Waals surface area (Å²) in [5.41, 5.74) is 3.55. The molecule has 0 radical (unpaired) electrons. The summed E-state index contributed by atoms with van der Waals surface area (Å²) in [6.07, 6.45) is 7.25. The van der Waals surface area contributed by atoms with Gasteiger partial charge >= 0.3 is 6.18 Å². The maximum absolute atomic E-state index is 13.0. The third-order valence-electron chi connectivity index (χ3n) is 6.86. The van der Waals surface area contributed by atoms with Crippen LogP contribution in [0.25, 0.3) is 16.6 Å². The SMILES string of the molecule is C[C@@H](Nc1ncc2c(-c3cnn(C4CCC4)c3)cc(C3CCC(O)CC3)n2n1)C(F)(F)F. The Labute approximate surface area is 183 Å². The number of alkyl halides is 3. The van der Waals surface area contributed by atoms with Gasteiger partial charge in [0.1, 0.15) is 6.04 Å². The molecule has 10 heteroatoms. The van der Waals surface area contributed by atoms with Gasteiger partial charge in [-0.1, -0.05) is 0 Å². The molecule has 0 aliphatic heterocycles. The molecule has 2 aliphatic rings. The summed E-state index contributed by atoms with van der Waals surface area (Å²) >= 11 is 0. The molecule has 2 fully saturated rings. The smallest absolute Gasteiger partial charge is 0.393 e. The molecule has 2 N–H and O–H groups in total. The van der Waals surface area contributed by atoms with E-state index in [1.165, 1.54) is 6.42 Å². The van der Waals surface area contributed by atoms with Gasteiger partial charge in [-0.3, -0.25) is 4.68 Å². The molecule has 1 atom stereocenters. The van der Waals surface area contributed by atoms with Gasteiger partial charge in [-0.05, 0) is 57.9 Å². The second-order valence-electron chi connectivity index (χ2n) is 9.07. The highest BCUT2D eigenvalue weighted by molar-refractivity contribution is 5.81. The first-order chi connectivity index (χ1) is 15.3. The van der Waals surface area contributed by atoms with Gasteiger partial charge in [0.2, 0.25) is 5.95 Å². The molecule has 5 rings (SSSR count). The fraction of sp³-hybridized carbons (Fsp3) is 0.591. The lowest BCUT2D eigenvalue weighted by Crippen LogP contribution is -2.34. The van der Waals surface area contributed by atoms with Crippen LogP contribution in [0.2, 0.25) is 0 Å². The van der Waals surface area contributed by atoms with Crippen molar-refractivity contribution in [2.24, 2.45) is 0 Å². The van der Waals surface area contributed by atoms with Crippen molar-refractivity contribution >= 4 is 11.5 Å². The molecule has 3 aromatic rings. The van der Waals surface area contributed by atoms with E-state index in [-0.39, 0.29) is 18.0 Å². The average Bonchev–Trinajstić information content (AvgIpc) is 3.31. The van der Waals surface area contributed by atoms with E-state index in [1.807, 2.05) is 17.1 Å². The van der Waals surface area contributed by atoms with Crippen LogP contribution in [0.5, 0.6) is 0 Å². The van der Waals surface area contributed by atoms with E-state index in [4.69, 9.17) is 0 Å². The monoisotopic (exact) mass is 448 g/mol. The fourth-order valence-corrected chi connectivity index (χ4v) is 4.58. The van der Waals surface area contributed by atoms with Crippen molar-refractivity contribution in [3.8, 4) is 11.1 Å². The molecule has 0 amide bonds. The lowest BCUT2D eigenvalue weighted by Gasteiger charge is -2.25. The zero-order valence-electron chi connectivity index (χ0n) is 17.9. The number of hydrogen-bond donors (Lipinski definition) is 2. The summed E-state index contributed by atoms with van der Waals surface area (Å²) in [5.74, 6) is 0.107. The van der Waals surface area contributed by atoms with E-state index in [2.05, 4.69) is 26.6 Å². The second-order valence-corrected chi connectivity index (χ2v) is 9.07. The van der Waals surface area contributed by atoms with Gasteiger partial charge in [-0.2, -0.15) is 18.3 Å². The Hall–Kier alpha value is -2.62. The molecule has 7 nitrogen and oxygen atoms in total. The number of rotatable bonds is 5. The Bertz CT molecular complexity index is 1090. The van der Waals surface area contributed by atoms with E-state index in [0.29, 0.717) is 18.9 Å². The van der Waals surface area contributed by atoms with Gasteiger partial charge in [0.05, 0.1) is 30.1 Å². The van der Waals surface area contributed by atoms with Crippen molar-refractivity contribution in [3.63, 3.8) is 0 Å². The van der Waals surface area contributed by atoms with E-state index >= 15 is 0 Å². The van der Waals surface area contributed by atoms with E-state index < -0.39 is 12.2 Å². The van der Waals surface area contributed by atoms with Gasteiger partial charge in [-0.25, -0.2) is 9.50 Å². The normalized spacial score (nSPS) is 23.3. The maximum Gasteiger partial charge on any atom is 0.408 e. The van der Waals surface area contributed by atoms with Crippen LogP contribution in [-0.2, 0) is 0 Å². The highest BCUT2D eigenvalue weighted by Crippen LogP contribution is 2.38. The lowest BCUT2D eigenvalue weighted by atomic mass is 9.85. The molecular weight excluding hydrogens is 421 g/mol. The first kappa shape index (κ1) is 21.2. The summed E-state index contributed by atoms with van der Waals surface area (Å²) < 4.78 is 42.8. The van der Waals surface area contributed by atoms with Crippen LogP contribution in [0, 0.1) is 0 Å². The number of fused-ring (bicyclic) bond motifs is 1. The van der Waals surface area contributed by atoms with Gasteiger partial charge in [-0.15, -0.1) is 5.10 Å². The van der Waals surface area contributed by atoms with E-state index in [9.17, 15) is 18.3 Å². The Morgan fingerprint density at radius 2 is 1.88 bits per heavy atom. The van der Waals surface area contributed by atoms with Crippen LogP contribution >= 0.6 is 0 Å². The van der Waals surface area contributed by atoms with Crippen LogP contribution < -0.4 is 5.32 Å². The number of halogens is 3. The largest absolute Gasteiger partial charge is 0.408 e. The van der Waals surface area contributed by atoms with Crippen LogP contribution in [0.4, 0.5) is 19.1 Å². The number of nitrogens with zero attached hydrogens (tertiary/aromatic N) is 5. The van der Waals surface area contributed by atoms with Crippen molar-refractivity contribution in [2.45, 2.75) is 82.2 Å². The molecule has 3 aromatic heterocycles. The Kier molecular flexibility index (Phi) is 5.35. The van der Waals surface area contributed by atoms with E-state index in [0.717, 1.165) is 54.9 Å². The minimum atomic E-state index is -4.39. The molecule has 2 saturated carbocycles. The first-order valence-corrected chi connectivity index (χ1v) is 11.2. The van der Waals surface area contributed by atoms with Gasteiger partial charge in [0.25, 0.3) is 0 Å². The van der Waals surface area contributed by atoms with Crippen molar-refractivity contribution in [3.05, 3.63) is 30.4 Å². The number of anilines is 1. The maximum atomic E-state index is 13.0. The van der Waals surface area contributed by atoms with Crippen molar-refractivity contribution in [1.82, 2.24) is 24.4 Å². The first-order valence-electron chi connectivity index (χ1n) is 11.2. The summed E-state index contributed by atoms with van der Waals surface area (Å²) in [4.78, 5) is 4.18. The minimum absolute atomic E-state index is 0.0632. The molecule has 0 spiro atoms. The molecule has 0 unspecified atom stereocenters. The second kappa shape index (κ2) is 8.06. The van der Waals surface area contributed by atoms with Crippen molar-refractivity contribution < 1.29 is 18.3 Å². The summed E-state index contributed by atoms with van der Waals surface area (Å²) in [6.45, 7) is 1.05. The number of aliphatic hydroxyl groups is 1. The van der Waals surface area contributed by atoms with Crippen LogP contribution in [0.1, 0.15) is 69.5 Å². The highest BCUT2D eigenvalue weighted by atomic mass is 19.4. The van der Waals surface area contributed by atoms with Crippen molar-refractivity contribution in [2.75, 3.05) is 5.32 Å². The van der Waals surface area contributed by atoms with Crippen LogP contribution in [0.15, 0.2) is 24.7 Å². The standard InChI is InChI=1S/C22H27F3N6O/c1-13(22(23,24)25)28-21-26-11-20-18(15-10-27-30(12-15)16-3-2-4-16)9-19(31(20)29-21)14-5-7-17(32)8-6-14/h9-14,16-17,32H,2-8H2,1H3,(H,28,29)/t13-,14?,17?/m1/s1. The number of nitrogens with one attached hydrogen (secondary N) is 1. The molecule has 172 valence electrons. The molecule has 2 aliphatic carbocycles. The quantitative estimate of drug-likeness (QED) is 0.592. The molecule has 32 heavy (non-hydrogen) atoms. The zero-order chi connectivity index (χ0) is 22.5. The molecule has 0 bridgehead atoms. The zero-order valence-corrected chi connectivity index (χ0v) is 17.9. The lowest BCUT2D eigenvalue weighted by molar-refractivity contribution is -0.138. The molecular formula is C22H27F3N6O. The Morgan fingerprint density at radius 1 is 1.12 bits per heavy atom. The predicted octanol–water partition coefficient (Wildman–Crippen LogP) is 4.70. The number of aromatic nitrogens is 5. The number of hydrogen-bond acceptors (Lipinski definition) is 5. The van der Waals surface area contributed by atoms with Gasteiger partial charge < -0.3 is 10.4 Å². The van der Waals surface area contributed by atoms with Crippen LogP contribution in [-0.4, -0.2) is 47.8 Å². The van der Waals surface area contributed by atoms with Crippen molar-refractivity contribution in [1.29, 1.82) is 0 Å².